The highest BCUT2D eigenvalue weighted by Crippen LogP contribution is 2.23. The van der Waals surface area contributed by atoms with Crippen molar-refractivity contribution < 1.29 is 9.53 Å². The fourth-order valence-electron chi connectivity index (χ4n) is 2.36. The largest absolute Gasteiger partial charge is 0.496 e. The standard InChI is InChI=1S/C16H25BrN2O2/c1-11(2)19(12(3)4)9-8-18-16(20)14-7-6-13(17)10-15(14)21-5/h6-7,10-12H,8-9H2,1-5H3,(H,18,20). The smallest absolute Gasteiger partial charge is 0.255 e. The Morgan fingerprint density at radius 3 is 2.43 bits per heavy atom. The molecule has 1 aromatic rings. The number of nitrogens with zero attached hydrogens (tertiary/aromatic N) is 1. The third-order valence-corrected chi connectivity index (χ3v) is 3.88. The third kappa shape index (κ3) is 5.32. The Morgan fingerprint density at radius 1 is 1.29 bits per heavy atom. The van der Waals surface area contributed by atoms with E-state index in [1.165, 1.54) is 0 Å². The van der Waals surface area contributed by atoms with Crippen LogP contribution in [0, 0.1) is 0 Å². The molecule has 0 spiro atoms. The van der Waals surface area contributed by atoms with E-state index in [0.29, 0.717) is 29.9 Å². The molecule has 0 radical (unpaired) electrons. The minimum atomic E-state index is -0.105. The first kappa shape index (κ1) is 18.0. The van der Waals surface area contributed by atoms with Crippen LogP contribution in [-0.2, 0) is 0 Å². The van der Waals surface area contributed by atoms with E-state index in [-0.39, 0.29) is 5.91 Å². The van der Waals surface area contributed by atoms with Gasteiger partial charge in [0.1, 0.15) is 5.75 Å². The highest BCUT2D eigenvalue weighted by molar-refractivity contribution is 9.10. The minimum absolute atomic E-state index is 0.105. The molecule has 1 aromatic carbocycles. The molecule has 0 aliphatic rings. The van der Waals surface area contributed by atoms with Crippen LogP contribution >= 0.6 is 15.9 Å². The van der Waals surface area contributed by atoms with Gasteiger partial charge < -0.3 is 10.1 Å². The van der Waals surface area contributed by atoms with E-state index in [0.717, 1.165) is 11.0 Å². The molecule has 1 amide bonds. The first-order valence-electron chi connectivity index (χ1n) is 7.24. The van der Waals surface area contributed by atoms with Crippen molar-refractivity contribution >= 4 is 21.8 Å². The number of hydrogen-bond donors (Lipinski definition) is 1. The third-order valence-electron chi connectivity index (χ3n) is 3.39. The number of hydrogen-bond acceptors (Lipinski definition) is 3. The number of benzene rings is 1. The number of halogens is 1. The molecule has 0 saturated carbocycles. The Bertz CT molecular complexity index is 467. The first-order chi connectivity index (χ1) is 9.86. The molecule has 0 aliphatic carbocycles. The van der Waals surface area contributed by atoms with E-state index >= 15 is 0 Å². The maximum atomic E-state index is 12.2. The topological polar surface area (TPSA) is 41.6 Å². The zero-order valence-corrected chi connectivity index (χ0v) is 15.0. The maximum absolute atomic E-state index is 12.2. The van der Waals surface area contributed by atoms with Crippen LogP contribution in [0.15, 0.2) is 22.7 Å². The predicted molar refractivity (Wildman–Crippen MR) is 90.0 cm³/mol. The van der Waals surface area contributed by atoms with Crippen LogP contribution in [0.2, 0.25) is 0 Å². The summed E-state index contributed by atoms with van der Waals surface area (Å²) in [7, 11) is 1.57. The molecule has 0 heterocycles. The van der Waals surface area contributed by atoms with Crippen LogP contribution in [0.4, 0.5) is 0 Å². The van der Waals surface area contributed by atoms with Gasteiger partial charge in [0.05, 0.1) is 12.7 Å². The lowest BCUT2D eigenvalue weighted by atomic mass is 10.2. The van der Waals surface area contributed by atoms with Crippen molar-refractivity contribution in [1.82, 2.24) is 10.2 Å². The number of nitrogens with one attached hydrogen (secondary N) is 1. The summed E-state index contributed by atoms with van der Waals surface area (Å²) in [5.41, 5.74) is 0.557. The van der Waals surface area contributed by atoms with Crippen molar-refractivity contribution in [1.29, 1.82) is 0 Å². The van der Waals surface area contributed by atoms with E-state index in [1.807, 2.05) is 6.07 Å². The van der Waals surface area contributed by atoms with Gasteiger partial charge in [-0.3, -0.25) is 9.69 Å². The molecule has 0 aliphatic heterocycles. The van der Waals surface area contributed by atoms with Gasteiger partial charge in [-0.2, -0.15) is 0 Å². The van der Waals surface area contributed by atoms with Gasteiger partial charge >= 0.3 is 0 Å². The zero-order valence-electron chi connectivity index (χ0n) is 13.4. The van der Waals surface area contributed by atoms with Gasteiger partial charge in [0.25, 0.3) is 5.91 Å². The van der Waals surface area contributed by atoms with Gasteiger partial charge in [0.15, 0.2) is 0 Å². The van der Waals surface area contributed by atoms with Crippen LogP contribution in [0.25, 0.3) is 0 Å². The summed E-state index contributed by atoms with van der Waals surface area (Å²) in [6, 6.07) is 6.32. The fourth-order valence-corrected chi connectivity index (χ4v) is 2.70. The molecule has 118 valence electrons. The Labute approximate surface area is 136 Å². The molecule has 1 N–H and O–H groups in total. The lowest BCUT2D eigenvalue weighted by molar-refractivity contribution is 0.0936. The number of carbonyl (C=O) groups excluding carboxylic acids is 1. The van der Waals surface area contributed by atoms with Crippen LogP contribution in [0.1, 0.15) is 38.1 Å². The molecule has 0 saturated heterocycles. The van der Waals surface area contributed by atoms with Crippen LogP contribution < -0.4 is 10.1 Å². The van der Waals surface area contributed by atoms with Gasteiger partial charge in [-0.05, 0) is 45.9 Å². The van der Waals surface area contributed by atoms with Crippen molar-refractivity contribution in [2.75, 3.05) is 20.2 Å². The molecule has 5 heteroatoms. The monoisotopic (exact) mass is 356 g/mol. The lowest BCUT2D eigenvalue weighted by Gasteiger charge is -2.30. The average molecular weight is 357 g/mol. The number of carbonyl (C=O) groups is 1. The van der Waals surface area contributed by atoms with Gasteiger partial charge in [-0.1, -0.05) is 15.9 Å². The summed E-state index contributed by atoms with van der Waals surface area (Å²) in [6.07, 6.45) is 0. The highest BCUT2D eigenvalue weighted by atomic mass is 79.9. The summed E-state index contributed by atoms with van der Waals surface area (Å²) in [6.45, 7) is 10.1. The fraction of sp³-hybridized carbons (Fsp3) is 0.562. The summed E-state index contributed by atoms with van der Waals surface area (Å²) >= 11 is 3.37. The Morgan fingerprint density at radius 2 is 1.90 bits per heavy atom. The van der Waals surface area contributed by atoms with Crippen molar-refractivity contribution in [3.8, 4) is 5.75 Å². The van der Waals surface area contributed by atoms with Crippen LogP contribution in [-0.4, -0.2) is 43.1 Å². The molecule has 21 heavy (non-hydrogen) atoms. The highest BCUT2D eigenvalue weighted by Gasteiger charge is 2.15. The molecular weight excluding hydrogens is 332 g/mol. The number of amides is 1. The first-order valence-corrected chi connectivity index (χ1v) is 8.03. The van der Waals surface area contributed by atoms with Gasteiger partial charge in [-0.25, -0.2) is 0 Å². The van der Waals surface area contributed by atoms with E-state index in [4.69, 9.17) is 4.74 Å². The molecular formula is C16H25BrN2O2. The summed E-state index contributed by atoms with van der Waals surface area (Å²) in [5.74, 6) is 0.471. The summed E-state index contributed by atoms with van der Waals surface area (Å²) in [4.78, 5) is 14.6. The van der Waals surface area contributed by atoms with Crippen molar-refractivity contribution in [2.45, 2.75) is 39.8 Å². The molecule has 0 fully saturated rings. The van der Waals surface area contributed by atoms with Crippen LogP contribution in [0.5, 0.6) is 5.75 Å². The SMILES string of the molecule is COc1cc(Br)ccc1C(=O)NCCN(C(C)C)C(C)C. The molecule has 0 unspecified atom stereocenters. The van der Waals surface area contributed by atoms with Crippen molar-refractivity contribution in [3.63, 3.8) is 0 Å². The van der Waals surface area contributed by atoms with Crippen LogP contribution in [0.3, 0.4) is 0 Å². The second-order valence-electron chi connectivity index (χ2n) is 5.53. The van der Waals surface area contributed by atoms with Crippen molar-refractivity contribution in [2.24, 2.45) is 0 Å². The number of methoxy groups -OCH3 is 1. The second kappa shape index (κ2) is 8.39. The summed E-state index contributed by atoms with van der Waals surface area (Å²) in [5, 5.41) is 2.96. The maximum Gasteiger partial charge on any atom is 0.255 e. The Hall–Kier alpha value is -1.07. The van der Waals surface area contributed by atoms with Gasteiger partial charge in [-0.15, -0.1) is 0 Å². The summed E-state index contributed by atoms with van der Waals surface area (Å²) < 4.78 is 6.14. The predicted octanol–water partition coefficient (Wildman–Crippen LogP) is 3.31. The average Bonchev–Trinajstić information content (AvgIpc) is 2.42. The van der Waals surface area contributed by atoms with E-state index in [1.54, 1.807) is 19.2 Å². The number of rotatable bonds is 7. The normalized spacial score (nSPS) is 11.3. The van der Waals surface area contributed by atoms with Crippen molar-refractivity contribution in [3.05, 3.63) is 28.2 Å². The lowest BCUT2D eigenvalue weighted by Crippen LogP contribution is -2.42. The molecule has 4 nitrogen and oxygen atoms in total. The van der Waals surface area contributed by atoms with E-state index in [2.05, 4.69) is 53.8 Å². The van der Waals surface area contributed by atoms with E-state index in [9.17, 15) is 4.79 Å². The molecule has 0 atom stereocenters. The molecule has 0 bridgehead atoms. The quantitative estimate of drug-likeness (QED) is 0.814. The number of ether oxygens (including phenoxy) is 1. The Balaban J connectivity index is 2.62. The zero-order chi connectivity index (χ0) is 16.0. The second-order valence-corrected chi connectivity index (χ2v) is 6.44. The Kier molecular flexibility index (Phi) is 7.18. The molecule has 0 aromatic heterocycles. The van der Waals surface area contributed by atoms with E-state index < -0.39 is 0 Å². The van der Waals surface area contributed by atoms with Gasteiger partial charge in [0.2, 0.25) is 0 Å². The minimum Gasteiger partial charge on any atom is -0.496 e. The van der Waals surface area contributed by atoms with Gasteiger partial charge in [0, 0.05) is 29.6 Å². The molecule has 1 rings (SSSR count).